The minimum Gasteiger partial charge on any atom is -0.369 e. The summed E-state index contributed by atoms with van der Waals surface area (Å²) >= 11 is 0. The summed E-state index contributed by atoms with van der Waals surface area (Å²) in [5.74, 6) is 0.193. The number of carbonyl (C=O) groups is 1. The maximum atomic E-state index is 12.1. The van der Waals surface area contributed by atoms with Crippen LogP contribution in [0, 0.1) is 5.92 Å². The monoisotopic (exact) mass is 479 g/mol. The number of nitrogens with one attached hydrogen (secondary N) is 2. The molecule has 1 heterocycles. The molecule has 1 aliphatic heterocycles. The first kappa shape index (κ1) is 24.2. The van der Waals surface area contributed by atoms with Crippen molar-refractivity contribution in [1.82, 2.24) is 15.5 Å². The fourth-order valence-electron chi connectivity index (χ4n) is 2.65. The zero-order chi connectivity index (χ0) is 18.0. The van der Waals surface area contributed by atoms with Gasteiger partial charge in [0, 0.05) is 26.1 Å². The van der Waals surface area contributed by atoms with Crippen LogP contribution in [0.15, 0.2) is 4.99 Å². The second-order valence-corrected chi connectivity index (χ2v) is 6.02. The zero-order valence-electron chi connectivity index (χ0n) is 14.6. The van der Waals surface area contributed by atoms with E-state index in [-0.39, 0.29) is 42.3 Å². The Hall–Kier alpha value is -0.780. The van der Waals surface area contributed by atoms with Gasteiger partial charge in [0.2, 0.25) is 5.91 Å². The van der Waals surface area contributed by atoms with Gasteiger partial charge in [-0.05, 0) is 45.3 Å². The number of aliphatic imine (C=N–C) groups is 1. The Bertz CT molecular complexity index is 412. The molecule has 0 aromatic heterocycles. The van der Waals surface area contributed by atoms with E-state index >= 15 is 0 Å². The van der Waals surface area contributed by atoms with E-state index < -0.39 is 12.6 Å². The quantitative estimate of drug-likeness (QED) is 0.214. The summed E-state index contributed by atoms with van der Waals surface area (Å²) in [7, 11) is 1.53. The fourth-order valence-corrected chi connectivity index (χ4v) is 2.65. The van der Waals surface area contributed by atoms with Crippen LogP contribution in [-0.2, 0) is 4.79 Å². The highest BCUT2D eigenvalue weighted by molar-refractivity contribution is 14.0. The van der Waals surface area contributed by atoms with Crippen molar-refractivity contribution in [3.63, 3.8) is 0 Å². The third-order valence-electron chi connectivity index (χ3n) is 4.11. The highest BCUT2D eigenvalue weighted by Gasteiger charge is 2.26. The van der Waals surface area contributed by atoms with Crippen LogP contribution in [0.3, 0.4) is 0 Å². The smallest absolute Gasteiger partial charge is 0.369 e. The molecule has 0 spiro atoms. The maximum Gasteiger partial charge on any atom is 0.390 e. The predicted molar refractivity (Wildman–Crippen MR) is 103 cm³/mol. The Labute approximate surface area is 164 Å². The Morgan fingerprint density at radius 3 is 2.32 bits per heavy atom. The molecule has 1 saturated heterocycles. The molecule has 0 unspecified atom stereocenters. The van der Waals surface area contributed by atoms with Gasteiger partial charge in [-0.1, -0.05) is 0 Å². The molecule has 0 aromatic rings. The van der Waals surface area contributed by atoms with Gasteiger partial charge < -0.3 is 21.3 Å². The maximum absolute atomic E-state index is 12.1. The molecular weight excluding hydrogens is 450 g/mol. The number of hydrogen-bond acceptors (Lipinski definition) is 3. The first-order valence-corrected chi connectivity index (χ1v) is 8.35. The molecule has 25 heavy (non-hydrogen) atoms. The lowest BCUT2D eigenvalue weighted by molar-refractivity contribution is -0.132. The van der Waals surface area contributed by atoms with Crippen molar-refractivity contribution >= 4 is 35.8 Å². The van der Waals surface area contributed by atoms with Crippen LogP contribution >= 0.6 is 24.0 Å². The van der Waals surface area contributed by atoms with Gasteiger partial charge in [0.1, 0.15) is 0 Å². The number of halogens is 4. The summed E-state index contributed by atoms with van der Waals surface area (Å²) in [5, 5.41) is 5.65. The van der Waals surface area contributed by atoms with Gasteiger partial charge in [-0.2, -0.15) is 13.2 Å². The number of hydrogen-bond donors (Lipinski definition) is 3. The molecule has 0 atom stereocenters. The minimum atomic E-state index is -4.16. The van der Waals surface area contributed by atoms with Crippen LogP contribution in [0.5, 0.6) is 0 Å². The third-order valence-corrected chi connectivity index (χ3v) is 4.11. The van der Waals surface area contributed by atoms with Crippen LogP contribution in [-0.4, -0.2) is 62.7 Å². The van der Waals surface area contributed by atoms with Gasteiger partial charge in [0.25, 0.3) is 0 Å². The Morgan fingerprint density at radius 2 is 1.80 bits per heavy atom. The average molecular weight is 479 g/mol. The molecule has 0 bridgehead atoms. The largest absolute Gasteiger partial charge is 0.390 e. The molecule has 4 N–H and O–H groups in total. The molecule has 6 nitrogen and oxygen atoms in total. The number of guanidine groups is 1. The lowest BCUT2D eigenvalue weighted by Gasteiger charge is -2.30. The summed E-state index contributed by atoms with van der Waals surface area (Å²) < 4.78 is 36.2. The summed E-state index contributed by atoms with van der Waals surface area (Å²) in [5.41, 5.74) is 5.31. The van der Waals surface area contributed by atoms with E-state index in [0.717, 1.165) is 45.3 Å². The zero-order valence-corrected chi connectivity index (χ0v) is 16.9. The van der Waals surface area contributed by atoms with Crippen molar-refractivity contribution < 1.29 is 18.0 Å². The Kier molecular flexibility index (Phi) is 12.2. The molecule has 1 aliphatic rings. The van der Waals surface area contributed by atoms with E-state index in [4.69, 9.17) is 5.73 Å². The van der Waals surface area contributed by atoms with Crippen molar-refractivity contribution in [2.75, 3.05) is 39.8 Å². The number of amides is 1. The fraction of sp³-hybridized carbons (Fsp3) is 0.867. The van der Waals surface area contributed by atoms with E-state index in [1.807, 2.05) is 0 Å². The second-order valence-electron chi connectivity index (χ2n) is 6.02. The lowest BCUT2D eigenvalue weighted by atomic mass is 9.96. The number of carbonyl (C=O) groups excluding carboxylic acids is 1. The highest BCUT2D eigenvalue weighted by atomic mass is 127. The van der Waals surface area contributed by atoms with Crippen LogP contribution in [0.2, 0.25) is 0 Å². The predicted octanol–water partition coefficient (Wildman–Crippen LogP) is 1.70. The molecule has 10 heteroatoms. The Morgan fingerprint density at radius 1 is 1.20 bits per heavy atom. The van der Waals surface area contributed by atoms with E-state index in [9.17, 15) is 18.0 Å². The van der Waals surface area contributed by atoms with Gasteiger partial charge in [0.05, 0.1) is 6.42 Å². The summed E-state index contributed by atoms with van der Waals surface area (Å²) in [6.07, 6.45) is -1.51. The van der Waals surface area contributed by atoms with Gasteiger partial charge >= 0.3 is 6.18 Å². The van der Waals surface area contributed by atoms with Crippen molar-refractivity contribution in [3.05, 3.63) is 0 Å². The van der Waals surface area contributed by atoms with Crippen LogP contribution in [0.4, 0.5) is 13.2 Å². The van der Waals surface area contributed by atoms with Crippen molar-refractivity contribution in [2.45, 2.75) is 38.3 Å². The SMILES string of the molecule is CN=C(NCCCCN1CCC(C(N)=O)CC1)NCCC(F)(F)F.I. The molecule has 148 valence electrons. The third kappa shape index (κ3) is 11.4. The van der Waals surface area contributed by atoms with Gasteiger partial charge in [-0.15, -0.1) is 24.0 Å². The van der Waals surface area contributed by atoms with Crippen LogP contribution in [0.1, 0.15) is 32.1 Å². The van der Waals surface area contributed by atoms with E-state index in [1.165, 1.54) is 7.05 Å². The van der Waals surface area contributed by atoms with E-state index in [0.29, 0.717) is 12.5 Å². The normalized spacial score (nSPS) is 17.0. The first-order chi connectivity index (χ1) is 11.3. The van der Waals surface area contributed by atoms with E-state index in [1.54, 1.807) is 0 Å². The van der Waals surface area contributed by atoms with Crippen molar-refractivity contribution in [2.24, 2.45) is 16.6 Å². The van der Waals surface area contributed by atoms with E-state index in [2.05, 4.69) is 20.5 Å². The Balaban J connectivity index is 0.00000576. The number of unbranched alkanes of at least 4 members (excludes halogenated alkanes) is 1. The van der Waals surface area contributed by atoms with Gasteiger partial charge in [-0.25, -0.2) is 0 Å². The number of piperidine rings is 1. The average Bonchev–Trinajstić information content (AvgIpc) is 2.52. The number of rotatable bonds is 8. The van der Waals surface area contributed by atoms with Crippen molar-refractivity contribution in [3.8, 4) is 0 Å². The second kappa shape index (κ2) is 12.6. The topological polar surface area (TPSA) is 82.8 Å². The molecule has 1 amide bonds. The van der Waals surface area contributed by atoms with Gasteiger partial charge in [0.15, 0.2) is 5.96 Å². The number of nitrogens with zero attached hydrogens (tertiary/aromatic N) is 2. The van der Waals surface area contributed by atoms with Crippen molar-refractivity contribution in [1.29, 1.82) is 0 Å². The van der Waals surface area contributed by atoms with Gasteiger partial charge in [-0.3, -0.25) is 9.79 Å². The van der Waals surface area contributed by atoms with Crippen LogP contribution in [0.25, 0.3) is 0 Å². The summed E-state index contributed by atoms with van der Waals surface area (Å²) in [6.45, 7) is 3.21. The molecular formula is C15H29F3IN5O. The standard InChI is InChI=1S/C15H28F3N5O.HI/c1-20-14(22-8-6-15(16,17)18)21-7-2-3-9-23-10-4-12(5-11-23)13(19)24;/h12H,2-11H2,1H3,(H2,19,24)(H2,20,21,22);1H. The molecule has 1 rings (SSSR count). The molecule has 0 saturated carbocycles. The molecule has 1 fully saturated rings. The highest BCUT2D eigenvalue weighted by Crippen LogP contribution is 2.18. The minimum absolute atomic E-state index is 0. The summed E-state index contributed by atoms with van der Waals surface area (Å²) in [4.78, 5) is 17.3. The number of alkyl halides is 3. The number of nitrogens with two attached hydrogens (primary N) is 1. The molecule has 0 aromatic carbocycles. The lowest BCUT2D eigenvalue weighted by Crippen LogP contribution is -2.40. The molecule has 0 radical (unpaired) electrons. The first-order valence-electron chi connectivity index (χ1n) is 8.35. The van der Waals surface area contributed by atoms with Crippen LogP contribution < -0.4 is 16.4 Å². The molecule has 0 aliphatic carbocycles. The number of likely N-dealkylation sites (tertiary alicyclic amines) is 1. The number of primary amides is 1. The summed E-state index contributed by atoms with van der Waals surface area (Å²) in [6, 6.07) is 0.